The van der Waals surface area contributed by atoms with Crippen LogP contribution in [0, 0.1) is 28.1 Å². The summed E-state index contributed by atoms with van der Waals surface area (Å²) < 4.78 is 0. The summed E-state index contributed by atoms with van der Waals surface area (Å²) in [5.41, 5.74) is 3.10. The lowest BCUT2D eigenvalue weighted by Gasteiger charge is -2.35. The third-order valence-corrected chi connectivity index (χ3v) is 3.76. The molecule has 0 amide bonds. The van der Waals surface area contributed by atoms with E-state index in [4.69, 9.17) is 0 Å². The van der Waals surface area contributed by atoms with Crippen molar-refractivity contribution in [1.82, 2.24) is 5.32 Å². The zero-order chi connectivity index (χ0) is 11.8. The average Bonchev–Trinajstić information content (AvgIpc) is 2.68. The highest BCUT2D eigenvalue weighted by Crippen LogP contribution is 2.52. The lowest BCUT2D eigenvalue weighted by molar-refractivity contribution is 0.446. The minimum atomic E-state index is -0.275. The molecule has 1 aliphatic carbocycles. The molecule has 1 heterocycles. The Hall–Kier alpha value is -1.74. The van der Waals surface area contributed by atoms with Gasteiger partial charge in [0.1, 0.15) is 0 Å². The minimum Gasteiger partial charge on any atom is -0.361 e. The summed E-state index contributed by atoms with van der Waals surface area (Å²) in [6.07, 6.45) is 4.10. The molecular weight excluding hydrogens is 198 g/mol. The van der Waals surface area contributed by atoms with E-state index in [1.54, 1.807) is 0 Å². The Labute approximate surface area is 96.1 Å². The molecule has 1 fully saturated rings. The molecule has 3 heteroatoms. The SMILES string of the molecule is CC1=C(C#N)C2(CCCC2)C(C#N)=C(C)N1. The summed E-state index contributed by atoms with van der Waals surface area (Å²) in [6, 6.07) is 4.61. The first-order valence-corrected chi connectivity index (χ1v) is 5.65. The molecule has 82 valence electrons. The van der Waals surface area contributed by atoms with E-state index >= 15 is 0 Å². The van der Waals surface area contributed by atoms with Gasteiger partial charge in [0, 0.05) is 16.8 Å². The number of nitrogens with one attached hydrogen (secondary N) is 1. The second-order valence-electron chi connectivity index (χ2n) is 4.64. The molecule has 3 nitrogen and oxygen atoms in total. The number of hydrogen-bond donors (Lipinski definition) is 1. The molecule has 0 aromatic rings. The maximum Gasteiger partial charge on any atom is 0.0975 e. The van der Waals surface area contributed by atoms with Gasteiger partial charge in [-0.25, -0.2) is 0 Å². The van der Waals surface area contributed by atoms with Crippen LogP contribution in [0.25, 0.3) is 0 Å². The molecular formula is C13H15N3. The van der Waals surface area contributed by atoms with E-state index in [1.807, 2.05) is 13.8 Å². The van der Waals surface area contributed by atoms with Gasteiger partial charge in [0.25, 0.3) is 0 Å². The van der Waals surface area contributed by atoms with Crippen molar-refractivity contribution in [1.29, 1.82) is 10.5 Å². The number of allylic oxidation sites excluding steroid dienone is 4. The Kier molecular flexibility index (Phi) is 2.48. The zero-order valence-electron chi connectivity index (χ0n) is 9.72. The van der Waals surface area contributed by atoms with Crippen LogP contribution < -0.4 is 5.32 Å². The highest BCUT2D eigenvalue weighted by molar-refractivity contribution is 5.52. The van der Waals surface area contributed by atoms with Gasteiger partial charge in [-0.1, -0.05) is 12.8 Å². The fraction of sp³-hybridized carbons (Fsp3) is 0.538. The van der Waals surface area contributed by atoms with Crippen molar-refractivity contribution in [3.05, 3.63) is 22.5 Å². The average molecular weight is 213 g/mol. The van der Waals surface area contributed by atoms with Gasteiger partial charge < -0.3 is 5.32 Å². The van der Waals surface area contributed by atoms with E-state index in [0.29, 0.717) is 0 Å². The van der Waals surface area contributed by atoms with Crippen molar-refractivity contribution in [2.45, 2.75) is 39.5 Å². The normalized spacial score (nSPS) is 23.0. The van der Waals surface area contributed by atoms with Gasteiger partial charge in [0.05, 0.1) is 23.3 Å². The molecule has 0 saturated heterocycles. The molecule has 2 aliphatic rings. The maximum atomic E-state index is 9.31. The Morgan fingerprint density at radius 3 is 1.81 bits per heavy atom. The van der Waals surface area contributed by atoms with Crippen molar-refractivity contribution in [3.8, 4) is 12.1 Å². The zero-order valence-corrected chi connectivity index (χ0v) is 9.72. The van der Waals surface area contributed by atoms with Gasteiger partial charge in [0.2, 0.25) is 0 Å². The highest BCUT2D eigenvalue weighted by atomic mass is 14.9. The predicted molar refractivity (Wildman–Crippen MR) is 60.7 cm³/mol. The first-order chi connectivity index (χ1) is 7.65. The summed E-state index contributed by atoms with van der Waals surface area (Å²) in [5.74, 6) is 0. The molecule has 1 saturated carbocycles. The number of rotatable bonds is 0. The lowest BCUT2D eigenvalue weighted by Crippen LogP contribution is -2.32. The first-order valence-electron chi connectivity index (χ1n) is 5.65. The molecule has 0 aromatic carbocycles. The molecule has 2 rings (SSSR count). The predicted octanol–water partition coefficient (Wildman–Crippen LogP) is 2.75. The lowest BCUT2D eigenvalue weighted by atomic mass is 9.70. The Bertz CT molecular complexity index is 424. The van der Waals surface area contributed by atoms with Crippen LogP contribution in [0.1, 0.15) is 39.5 Å². The smallest absolute Gasteiger partial charge is 0.0975 e. The van der Waals surface area contributed by atoms with Crippen LogP contribution in [-0.4, -0.2) is 0 Å². The van der Waals surface area contributed by atoms with Gasteiger partial charge in [-0.15, -0.1) is 0 Å². The van der Waals surface area contributed by atoms with Crippen LogP contribution in [0.3, 0.4) is 0 Å². The third kappa shape index (κ3) is 1.25. The number of hydrogen-bond acceptors (Lipinski definition) is 3. The molecule has 0 atom stereocenters. The van der Waals surface area contributed by atoms with Crippen molar-refractivity contribution in [2.75, 3.05) is 0 Å². The van der Waals surface area contributed by atoms with E-state index in [-0.39, 0.29) is 5.41 Å². The topological polar surface area (TPSA) is 59.6 Å². The summed E-state index contributed by atoms with van der Waals surface area (Å²) >= 11 is 0. The van der Waals surface area contributed by atoms with E-state index in [0.717, 1.165) is 48.2 Å². The second-order valence-corrected chi connectivity index (χ2v) is 4.64. The molecule has 1 spiro atoms. The van der Waals surface area contributed by atoms with E-state index in [1.165, 1.54) is 0 Å². The van der Waals surface area contributed by atoms with Gasteiger partial charge in [-0.05, 0) is 26.7 Å². The van der Waals surface area contributed by atoms with Crippen LogP contribution in [0.15, 0.2) is 22.5 Å². The van der Waals surface area contributed by atoms with Crippen LogP contribution >= 0.6 is 0 Å². The van der Waals surface area contributed by atoms with Crippen molar-refractivity contribution in [3.63, 3.8) is 0 Å². The highest BCUT2D eigenvalue weighted by Gasteiger charge is 2.45. The molecule has 0 bridgehead atoms. The number of nitriles is 2. The van der Waals surface area contributed by atoms with Crippen molar-refractivity contribution < 1.29 is 0 Å². The van der Waals surface area contributed by atoms with Gasteiger partial charge in [0.15, 0.2) is 0 Å². The van der Waals surface area contributed by atoms with Crippen molar-refractivity contribution >= 4 is 0 Å². The van der Waals surface area contributed by atoms with E-state index in [2.05, 4.69) is 17.5 Å². The number of dihydropyridines is 1. The van der Waals surface area contributed by atoms with Gasteiger partial charge >= 0.3 is 0 Å². The molecule has 0 aromatic heterocycles. The van der Waals surface area contributed by atoms with Crippen molar-refractivity contribution in [2.24, 2.45) is 5.41 Å². The molecule has 0 radical (unpaired) electrons. The fourth-order valence-corrected chi connectivity index (χ4v) is 3.11. The quantitative estimate of drug-likeness (QED) is 0.673. The van der Waals surface area contributed by atoms with Crippen LogP contribution in [0.2, 0.25) is 0 Å². The molecule has 0 unspecified atom stereocenters. The molecule has 16 heavy (non-hydrogen) atoms. The second kappa shape index (κ2) is 3.68. The molecule has 1 N–H and O–H groups in total. The third-order valence-electron chi connectivity index (χ3n) is 3.76. The Morgan fingerprint density at radius 2 is 1.44 bits per heavy atom. The largest absolute Gasteiger partial charge is 0.361 e. The number of nitrogens with zero attached hydrogens (tertiary/aromatic N) is 2. The van der Waals surface area contributed by atoms with Gasteiger partial charge in [-0.3, -0.25) is 0 Å². The summed E-state index contributed by atoms with van der Waals surface area (Å²) in [7, 11) is 0. The first kappa shape index (κ1) is 10.8. The molecule has 1 aliphatic heterocycles. The van der Waals surface area contributed by atoms with Crippen LogP contribution in [-0.2, 0) is 0 Å². The monoisotopic (exact) mass is 213 g/mol. The Morgan fingerprint density at radius 1 is 1.00 bits per heavy atom. The van der Waals surface area contributed by atoms with Gasteiger partial charge in [-0.2, -0.15) is 10.5 Å². The van der Waals surface area contributed by atoms with Crippen LogP contribution in [0.5, 0.6) is 0 Å². The Balaban J connectivity index is 2.62. The van der Waals surface area contributed by atoms with E-state index in [9.17, 15) is 10.5 Å². The maximum absolute atomic E-state index is 9.31. The summed E-state index contributed by atoms with van der Waals surface area (Å²) in [4.78, 5) is 0. The fourth-order valence-electron chi connectivity index (χ4n) is 3.11. The van der Waals surface area contributed by atoms with Crippen LogP contribution in [0.4, 0.5) is 0 Å². The minimum absolute atomic E-state index is 0.275. The summed E-state index contributed by atoms with van der Waals surface area (Å²) in [6.45, 7) is 3.85. The van der Waals surface area contributed by atoms with E-state index < -0.39 is 0 Å². The summed E-state index contributed by atoms with van der Waals surface area (Å²) in [5, 5.41) is 21.8. The standard InChI is InChI=1S/C13H15N3/c1-9-11(7-14)13(5-3-4-6-13)12(8-15)10(2)16-9/h16H,3-6H2,1-2H3.